The average molecular weight is 403 g/mol. The molecule has 0 spiro atoms. The fraction of sp³-hybridized carbons (Fsp3) is 0.545. The quantitative estimate of drug-likeness (QED) is 0.660. The number of aromatic carboxylic acids is 1. The van der Waals surface area contributed by atoms with E-state index in [1.165, 1.54) is 24.1 Å². The van der Waals surface area contributed by atoms with E-state index in [1.807, 2.05) is 6.07 Å². The second-order valence-corrected chi connectivity index (χ2v) is 9.71. The number of ether oxygens (including phenoxy) is 1. The van der Waals surface area contributed by atoms with E-state index in [-0.39, 0.29) is 11.0 Å². The van der Waals surface area contributed by atoms with Crippen LogP contribution in [-0.4, -0.2) is 29.7 Å². The fourth-order valence-corrected chi connectivity index (χ4v) is 5.11. The van der Waals surface area contributed by atoms with Gasteiger partial charge >= 0.3 is 5.97 Å². The maximum absolute atomic E-state index is 11.4. The van der Waals surface area contributed by atoms with E-state index < -0.39 is 5.97 Å². The zero-order chi connectivity index (χ0) is 20.6. The molecule has 152 valence electrons. The average Bonchev–Trinajstić information content (AvgIpc) is 3.09. The van der Waals surface area contributed by atoms with Gasteiger partial charge in [0.25, 0.3) is 0 Å². The standard InChI is InChI=1S/C22H30N2O3S/c1-13(2)12-24(15-7-8-16(20(25)26)17(11-15)27-6)21-23-18-14(3)9-10-22(4,5)19(18)28-21/h7-8,11,13-14H,9-10,12H2,1-6H3,(H,25,26). The summed E-state index contributed by atoms with van der Waals surface area (Å²) in [5, 5.41) is 10.4. The predicted octanol–water partition coefficient (Wildman–Crippen LogP) is 5.82. The number of benzene rings is 1. The van der Waals surface area contributed by atoms with E-state index in [4.69, 9.17) is 9.72 Å². The molecule has 3 rings (SSSR count). The molecule has 0 aliphatic heterocycles. The monoisotopic (exact) mass is 402 g/mol. The van der Waals surface area contributed by atoms with Gasteiger partial charge in [-0.2, -0.15) is 0 Å². The van der Waals surface area contributed by atoms with E-state index in [0.717, 1.165) is 23.8 Å². The number of carboxylic acid groups (broad SMARTS) is 1. The molecule has 0 saturated carbocycles. The van der Waals surface area contributed by atoms with Crippen molar-refractivity contribution in [2.75, 3.05) is 18.6 Å². The number of aromatic nitrogens is 1. The van der Waals surface area contributed by atoms with Crippen LogP contribution in [0.5, 0.6) is 5.75 Å². The molecule has 0 saturated heterocycles. The Kier molecular flexibility index (Phi) is 5.71. The zero-order valence-electron chi connectivity index (χ0n) is 17.6. The summed E-state index contributed by atoms with van der Waals surface area (Å²) in [5.74, 6) is 0.280. The van der Waals surface area contributed by atoms with Crippen molar-refractivity contribution < 1.29 is 14.6 Å². The van der Waals surface area contributed by atoms with Crippen LogP contribution in [0.1, 0.15) is 74.3 Å². The summed E-state index contributed by atoms with van der Waals surface area (Å²) in [6, 6.07) is 5.27. The molecule has 1 N–H and O–H groups in total. The minimum atomic E-state index is -0.987. The highest BCUT2D eigenvalue weighted by Gasteiger charge is 2.35. The highest BCUT2D eigenvalue weighted by Crippen LogP contribution is 2.48. The number of rotatable bonds is 6. The number of nitrogens with zero attached hydrogens (tertiary/aromatic N) is 2. The van der Waals surface area contributed by atoms with Gasteiger partial charge in [0.2, 0.25) is 0 Å². The van der Waals surface area contributed by atoms with Crippen LogP contribution in [0.15, 0.2) is 18.2 Å². The molecule has 28 heavy (non-hydrogen) atoms. The fourth-order valence-electron chi connectivity index (χ4n) is 3.77. The Morgan fingerprint density at radius 1 is 1.43 bits per heavy atom. The number of carboxylic acids is 1. The van der Waals surface area contributed by atoms with Gasteiger partial charge in [-0.25, -0.2) is 9.78 Å². The number of fused-ring (bicyclic) bond motifs is 1. The van der Waals surface area contributed by atoms with Crippen LogP contribution in [0.25, 0.3) is 0 Å². The van der Waals surface area contributed by atoms with Crippen molar-refractivity contribution in [1.29, 1.82) is 0 Å². The van der Waals surface area contributed by atoms with E-state index in [9.17, 15) is 9.90 Å². The topological polar surface area (TPSA) is 62.7 Å². The van der Waals surface area contributed by atoms with Crippen molar-refractivity contribution in [2.45, 2.75) is 58.8 Å². The van der Waals surface area contributed by atoms with Crippen LogP contribution in [0.3, 0.4) is 0 Å². The zero-order valence-corrected chi connectivity index (χ0v) is 18.4. The third-order valence-electron chi connectivity index (χ3n) is 5.43. The van der Waals surface area contributed by atoms with E-state index in [0.29, 0.717) is 17.6 Å². The van der Waals surface area contributed by atoms with Gasteiger partial charge in [-0.15, -0.1) is 11.3 Å². The molecule has 1 aromatic carbocycles. The molecule has 2 aromatic rings. The van der Waals surface area contributed by atoms with Gasteiger partial charge in [0.1, 0.15) is 11.3 Å². The molecule has 1 unspecified atom stereocenters. The smallest absolute Gasteiger partial charge is 0.339 e. The molecule has 5 nitrogen and oxygen atoms in total. The summed E-state index contributed by atoms with van der Waals surface area (Å²) in [5.41, 5.74) is 2.45. The molecule has 1 atom stereocenters. The van der Waals surface area contributed by atoms with Crippen molar-refractivity contribution in [3.05, 3.63) is 34.3 Å². The minimum absolute atomic E-state index is 0.145. The molecular formula is C22H30N2O3S. The van der Waals surface area contributed by atoms with Crippen LogP contribution in [0.2, 0.25) is 0 Å². The third-order valence-corrected chi connectivity index (χ3v) is 6.89. The summed E-state index contributed by atoms with van der Waals surface area (Å²) < 4.78 is 5.35. The van der Waals surface area contributed by atoms with Crippen LogP contribution in [0, 0.1) is 5.92 Å². The van der Waals surface area contributed by atoms with Crippen molar-refractivity contribution in [3.63, 3.8) is 0 Å². The van der Waals surface area contributed by atoms with Crippen molar-refractivity contribution in [3.8, 4) is 5.75 Å². The number of hydrogen-bond donors (Lipinski definition) is 1. The summed E-state index contributed by atoms with van der Waals surface area (Å²) in [7, 11) is 1.50. The third kappa shape index (κ3) is 3.88. The second-order valence-electron chi connectivity index (χ2n) is 8.73. The van der Waals surface area contributed by atoms with E-state index >= 15 is 0 Å². The van der Waals surface area contributed by atoms with Gasteiger partial charge in [-0.05, 0) is 36.8 Å². The van der Waals surface area contributed by atoms with Gasteiger partial charge < -0.3 is 14.7 Å². The first-order valence-electron chi connectivity index (χ1n) is 9.84. The molecule has 6 heteroatoms. The number of methoxy groups -OCH3 is 1. The Hall–Kier alpha value is -2.08. The molecule has 0 fully saturated rings. The Balaban J connectivity index is 2.09. The Bertz CT molecular complexity index is 873. The SMILES string of the molecule is COc1cc(N(CC(C)C)c2nc3c(s2)C(C)(C)CCC3C)ccc1C(=O)O. The molecular weight excluding hydrogens is 372 g/mol. The predicted molar refractivity (Wildman–Crippen MR) is 115 cm³/mol. The number of carbonyl (C=O) groups is 1. The van der Waals surface area contributed by atoms with Gasteiger partial charge in [-0.1, -0.05) is 34.6 Å². The summed E-state index contributed by atoms with van der Waals surface area (Å²) >= 11 is 1.77. The highest BCUT2D eigenvalue weighted by molar-refractivity contribution is 7.16. The van der Waals surface area contributed by atoms with Crippen molar-refractivity contribution >= 4 is 28.1 Å². The van der Waals surface area contributed by atoms with Crippen molar-refractivity contribution in [1.82, 2.24) is 4.98 Å². The Labute approximate surface area is 171 Å². The number of anilines is 2. The molecule has 0 amide bonds. The Morgan fingerprint density at radius 2 is 2.14 bits per heavy atom. The lowest BCUT2D eigenvalue weighted by molar-refractivity contribution is 0.0693. The number of thiazole rings is 1. The molecule has 1 aliphatic rings. The Morgan fingerprint density at radius 3 is 2.71 bits per heavy atom. The summed E-state index contributed by atoms with van der Waals surface area (Å²) in [6.45, 7) is 12.0. The molecule has 1 aliphatic carbocycles. The first kappa shape index (κ1) is 20.6. The summed E-state index contributed by atoms with van der Waals surface area (Å²) in [6.07, 6.45) is 2.34. The maximum Gasteiger partial charge on any atom is 0.339 e. The van der Waals surface area contributed by atoms with E-state index in [1.54, 1.807) is 23.5 Å². The molecule has 1 aromatic heterocycles. The normalized spacial score (nSPS) is 18.0. The van der Waals surface area contributed by atoms with Gasteiger partial charge in [-0.3, -0.25) is 0 Å². The maximum atomic E-state index is 11.4. The molecule has 0 bridgehead atoms. The lowest BCUT2D eigenvalue weighted by atomic mass is 9.76. The van der Waals surface area contributed by atoms with Crippen LogP contribution >= 0.6 is 11.3 Å². The lowest BCUT2D eigenvalue weighted by Crippen LogP contribution is -2.23. The van der Waals surface area contributed by atoms with E-state index in [2.05, 4.69) is 39.5 Å². The van der Waals surface area contributed by atoms with Crippen molar-refractivity contribution in [2.24, 2.45) is 5.92 Å². The molecule has 0 radical (unpaired) electrons. The molecule has 1 heterocycles. The van der Waals surface area contributed by atoms with Crippen LogP contribution < -0.4 is 9.64 Å². The first-order chi connectivity index (χ1) is 13.1. The second kappa shape index (κ2) is 7.74. The highest BCUT2D eigenvalue weighted by atomic mass is 32.1. The van der Waals surface area contributed by atoms with Crippen LogP contribution in [0.4, 0.5) is 10.8 Å². The largest absolute Gasteiger partial charge is 0.496 e. The minimum Gasteiger partial charge on any atom is -0.496 e. The lowest BCUT2D eigenvalue weighted by Gasteiger charge is -2.31. The van der Waals surface area contributed by atoms with Gasteiger partial charge in [0.05, 0.1) is 12.8 Å². The number of hydrogen-bond acceptors (Lipinski definition) is 5. The summed E-state index contributed by atoms with van der Waals surface area (Å²) in [4.78, 5) is 20.1. The van der Waals surface area contributed by atoms with Gasteiger partial charge in [0, 0.05) is 28.6 Å². The first-order valence-corrected chi connectivity index (χ1v) is 10.7. The van der Waals surface area contributed by atoms with Crippen LogP contribution in [-0.2, 0) is 5.41 Å². The van der Waals surface area contributed by atoms with Gasteiger partial charge in [0.15, 0.2) is 5.13 Å².